The van der Waals surface area contributed by atoms with E-state index >= 15 is 0 Å². The average Bonchev–Trinajstić information content (AvgIpc) is 2.46. The minimum atomic E-state index is -0.675. The van der Waals surface area contributed by atoms with Gasteiger partial charge in [-0.05, 0) is 18.2 Å². The molecule has 0 fully saturated rings. The van der Waals surface area contributed by atoms with Crippen LogP contribution in [-0.4, -0.2) is 17.2 Å². The zero-order valence-corrected chi connectivity index (χ0v) is 10.9. The first kappa shape index (κ1) is 12.9. The third-order valence-corrected chi connectivity index (χ3v) is 3.38. The Labute approximate surface area is 115 Å². The average molecular weight is 275 g/mol. The summed E-state index contributed by atoms with van der Waals surface area (Å²) in [6.45, 7) is 0. The fourth-order valence-corrected chi connectivity index (χ4v) is 2.32. The lowest BCUT2D eigenvalue weighted by Gasteiger charge is -2.29. The highest BCUT2D eigenvalue weighted by Gasteiger charge is 2.28. The van der Waals surface area contributed by atoms with Gasteiger partial charge in [-0.2, -0.15) is 0 Å². The molecular formula is C15H14FNO3. The van der Waals surface area contributed by atoms with E-state index in [1.54, 1.807) is 25.4 Å². The van der Waals surface area contributed by atoms with Crippen molar-refractivity contribution in [1.82, 2.24) is 4.98 Å². The van der Waals surface area contributed by atoms with Gasteiger partial charge in [0.2, 0.25) is 5.88 Å². The second-order valence-electron chi connectivity index (χ2n) is 4.67. The van der Waals surface area contributed by atoms with Gasteiger partial charge in [0.25, 0.3) is 0 Å². The lowest BCUT2D eigenvalue weighted by Crippen LogP contribution is -2.19. The maximum atomic E-state index is 13.3. The van der Waals surface area contributed by atoms with Gasteiger partial charge >= 0.3 is 0 Å². The van der Waals surface area contributed by atoms with Gasteiger partial charge in [0.1, 0.15) is 17.7 Å². The smallest absolute Gasteiger partial charge is 0.212 e. The van der Waals surface area contributed by atoms with E-state index in [0.717, 1.165) is 5.56 Å². The highest BCUT2D eigenvalue weighted by molar-refractivity contribution is 5.38. The number of hydrogen-bond donors (Lipinski definition) is 1. The van der Waals surface area contributed by atoms with E-state index in [9.17, 15) is 9.50 Å². The molecule has 1 unspecified atom stereocenters. The van der Waals surface area contributed by atoms with Crippen LogP contribution in [-0.2, 0) is 0 Å². The van der Waals surface area contributed by atoms with Crippen LogP contribution >= 0.6 is 0 Å². The van der Waals surface area contributed by atoms with Gasteiger partial charge < -0.3 is 14.6 Å². The molecule has 0 saturated heterocycles. The first-order chi connectivity index (χ1) is 9.67. The van der Waals surface area contributed by atoms with Gasteiger partial charge in [0.05, 0.1) is 13.2 Å². The number of aliphatic hydroxyl groups excluding tert-OH is 1. The molecular weight excluding hydrogens is 261 g/mol. The Hall–Kier alpha value is -2.14. The van der Waals surface area contributed by atoms with Gasteiger partial charge in [0, 0.05) is 35.9 Å². The summed E-state index contributed by atoms with van der Waals surface area (Å²) in [5, 5.41) is 10.1. The molecule has 2 heterocycles. The van der Waals surface area contributed by atoms with Crippen LogP contribution in [0, 0.1) is 5.82 Å². The molecule has 20 heavy (non-hydrogen) atoms. The summed E-state index contributed by atoms with van der Waals surface area (Å²) in [6.07, 6.45) is 1.02. The van der Waals surface area contributed by atoms with Crippen molar-refractivity contribution >= 4 is 0 Å². The predicted octanol–water partition coefficient (Wildman–Crippen LogP) is 2.79. The monoisotopic (exact) mass is 275 g/mol. The molecule has 1 aliphatic heterocycles. The van der Waals surface area contributed by atoms with E-state index in [0.29, 0.717) is 23.6 Å². The van der Waals surface area contributed by atoms with E-state index in [1.165, 1.54) is 12.1 Å². The third kappa shape index (κ3) is 2.32. The summed E-state index contributed by atoms with van der Waals surface area (Å²) >= 11 is 0. The van der Waals surface area contributed by atoms with Crippen LogP contribution in [0.1, 0.15) is 29.8 Å². The summed E-state index contributed by atoms with van der Waals surface area (Å²) in [7, 11) is 1.54. The Bertz CT molecular complexity index is 615. The summed E-state index contributed by atoms with van der Waals surface area (Å²) in [4.78, 5) is 4.11. The number of halogens is 1. The van der Waals surface area contributed by atoms with Crippen molar-refractivity contribution in [1.29, 1.82) is 0 Å². The van der Waals surface area contributed by atoms with Crippen molar-refractivity contribution in [3.8, 4) is 11.6 Å². The first-order valence-electron chi connectivity index (χ1n) is 6.31. The van der Waals surface area contributed by atoms with Crippen LogP contribution < -0.4 is 9.47 Å². The lowest BCUT2D eigenvalue weighted by atomic mass is 9.96. The van der Waals surface area contributed by atoms with Crippen LogP contribution in [0.2, 0.25) is 0 Å². The van der Waals surface area contributed by atoms with Crippen molar-refractivity contribution in [2.24, 2.45) is 0 Å². The largest absolute Gasteiger partial charge is 0.485 e. The molecule has 1 aliphatic rings. The maximum Gasteiger partial charge on any atom is 0.212 e. The van der Waals surface area contributed by atoms with Gasteiger partial charge in [0.15, 0.2) is 0 Å². The van der Waals surface area contributed by atoms with Crippen molar-refractivity contribution in [2.45, 2.75) is 18.6 Å². The molecule has 5 heteroatoms. The van der Waals surface area contributed by atoms with Crippen molar-refractivity contribution in [3.63, 3.8) is 0 Å². The molecule has 1 aromatic heterocycles. The van der Waals surface area contributed by atoms with Gasteiger partial charge in [-0.15, -0.1) is 0 Å². The lowest BCUT2D eigenvalue weighted by molar-refractivity contribution is 0.0652. The molecule has 1 aromatic carbocycles. The van der Waals surface area contributed by atoms with Gasteiger partial charge in [-0.3, -0.25) is 0 Å². The molecule has 0 spiro atoms. The zero-order valence-electron chi connectivity index (χ0n) is 10.9. The van der Waals surface area contributed by atoms with Crippen molar-refractivity contribution in [2.75, 3.05) is 7.11 Å². The number of aliphatic hydroxyl groups is 1. The Kier molecular flexibility index (Phi) is 3.28. The van der Waals surface area contributed by atoms with Crippen LogP contribution in [0.4, 0.5) is 4.39 Å². The number of hydrogen-bond acceptors (Lipinski definition) is 4. The predicted molar refractivity (Wildman–Crippen MR) is 70.1 cm³/mol. The molecule has 2 aromatic rings. The highest BCUT2D eigenvalue weighted by atomic mass is 19.1. The first-order valence-corrected chi connectivity index (χ1v) is 6.31. The number of ether oxygens (including phenoxy) is 2. The topological polar surface area (TPSA) is 51.6 Å². The molecule has 1 N–H and O–H groups in total. The van der Waals surface area contributed by atoms with E-state index < -0.39 is 6.10 Å². The Morgan fingerprint density at radius 3 is 2.90 bits per heavy atom. The number of methoxy groups -OCH3 is 1. The molecule has 2 atom stereocenters. The minimum absolute atomic E-state index is 0.349. The molecule has 0 radical (unpaired) electrons. The molecule has 0 aliphatic carbocycles. The van der Waals surface area contributed by atoms with Crippen LogP contribution in [0.25, 0.3) is 0 Å². The quantitative estimate of drug-likeness (QED) is 0.915. The SMILES string of the molecule is COc1ccc(C2C[C@H](O)c3ccc(F)cc3O2)cn1. The second-order valence-corrected chi connectivity index (χ2v) is 4.67. The summed E-state index contributed by atoms with van der Waals surface area (Å²) in [5.41, 5.74) is 1.43. The van der Waals surface area contributed by atoms with Crippen LogP contribution in [0.5, 0.6) is 11.6 Å². The summed E-state index contributed by atoms with van der Waals surface area (Å²) in [6, 6.07) is 7.72. The molecule has 104 valence electrons. The van der Waals surface area contributed by atoms with E-state index in [1.807, 2.05) is 6.07 Å². The molecule has 3 rings (SSSR count). The van der Waals surface area contributed by atoms with Crippen molar-refractivity contribution in [3.05, 3.63) is 53.5 Å². The van der Waals surface area contributed by atoms with E-state index in [-0.39, 0.29) is 11.9 Å². The van der Waals surface area contributed by atoms with E-state index in [2.05, 4.69) is 4.98 Å². The maximum absolute atomic E-state index is 13.3. The highest BCUT2D eigenvalue weighted by Crippen LogP contribution is 2.40. The summed E-state index contributed by atoms with van der Waals surface area (Å²) in [5.74, 6) is 0.505. The van der Waals surface area contributed by atoms with Crippen LogP contribution in [0.15, 0.2) is 36.5 Å². The minimum Gasteiger partial charge on any atom is -0.485 e. The molecule has 0 saturated carbocycles. The molecule has 0 amide bonds. The Balaban J connectivity index is 1.89. The third-order valence-electron chi connectivity index (χ3n) is 3.38. The number of benzene rings is 1. The number of nitrogens with zero attached hydrogens (tertiary/aromatic N) is 1. The normalized spacial score (nSPS) is 20.9. The molecule has 0 bridgehead atoms. The Morgan fingerprint density at radius 2 is 2.20 bits per heavy atom. The standard InChI is InChI=1S/C15H14FNO3/c1-19-15-5-2-9(8-17-15)13-7-12(18)11-4-3-10(16)6-14(11)20-13/h2-6,8,12-13,18H,7H2,1H3/t12-,13?/m0/s1. The Morgan fingerprint density at radius 1 is 1.35 bits per heavy atom. The van der Waals surface area contributed by atoms with Crippen LogP contribution in [0.3, 0.4) is 0 Å². The second kappa shape index (κ2) is 5.09. The van der Waals surface area contributed by atoms with Crippen molar-refractivity contribution < 1.29 is 19.0 Å². The zero-order chi connectivity index (χ0) is 14.1. The molecule has 4 nitrogen and oxygen atoms in total. The fourth-order valence-electron chi connectivity index (χ4n) is 2.32. The fraction of sp³-hybridized carbons (Fsp3) is 0.267. The van der Waals surface area contributed by atoms with E-state index in [4.69, 9.17) is 9.47 Å². The van der Waals surface area contributed by atoms with Gasteiger partial charge in [-0.25, -0.2) is 9.37 Å². The number of aromatic nitrogens is 1. The number of rotatable bonds is 2. The number of pyridine rings is 1. The number of fused-ring (bicyclic) bond motifs is 1. The van der Waals surface area contributed by atoms with Gasteiger partial charge in [-0.1, -0.05) is 0 Å². The summed E-state index contributed by atoms with van der Waals surface area (Å²) < 4.78 is 24.0.